The van der Waals surface area contributed by atoms with Crippen molar-refractivity contribution in [2.75, 3.05) is 26.6 Å². The molecule has 0 spiro atoms. The molecule has 0 bridgehead atoms. The van der Waals surface area contributed by atoms with Gasteiger partial charge in [0.05, 0.1) is 55.1 Å². The number of anilines is 1. The molecule has 10 nitrogen and oxygen atoms in total. The van der Waals surface area contributed by atoms with Gasteiger partial charge in [-0.3, -0.25) is 9.78 Å². The van der Waals surface area contributed by atoms with Crippen LogP contribution in [0, 0.1) is 0 Å². The Morgan fingerprint density at radius 3 is 2.34 bits per heavy atom. The number of methoxy groups -OCH3 is 3. The summed E-state index contributed by atoms with van der Waals surface area (Å²) in [4.78, 5) is 47.0. The van der Waals surface area contributed by atoms with Crippen molar-refractivity contribution in [1.29, 1.82) is 0 Å². The number of thioether (sulfide) groups is 1. The van der Waals surface area contributed by atoms with Crippen molar-refractivity contribution in [3.8, 4) is 5.75 Å². The largest absolute Gasteiger partial charge is 0.497 e. The minimum absolute atomic E-state index is 0.0659. The predicted octanol–water partition coefficient (Wildman–Crippen LogP) is 3.82. The fourth-order valence-electron chi connectivity index (χ4n) is 3.69. The number of amides is 1. The molecule has 2 aromatic carbocycles. The first-order valence-corrected chi connectivity index (χ1v) is 12.2. The summed E-state index contributed by atoms with van der Waals surface area (Å²) in [5.41, 5.74) is 8.78. The van der Waals surface area contributed by atoms with E-state index in [9.17, 15) is 14.4 Å². The number of rotatable bonds is 7. The van der Waals surface area contributed by atoms with E-state index in [1.54, 1.807) is 49.7 Å². The number of aromatic nitrogens is 1. The first-order valence-electron chi connectivity index (χ1n) is 11.3. The maximum atomic E-state index is 13.5. The lowest BCUT2D eigenvalue weighted by Crippen LogP contribution is -2.29. The molecule has 0 saturated heterocycles. The van der Waals surface area contributed by atoms with E-state index >= 15 is 0 Å². The normalized spacial score (nSPS) is 15.8. The zero-order valence-corrected chi connectivity index (χ0v) is 21.6. The summed E-state index contributed by atoms with van der Waals surface area (Å²) in [6, 6.07) is 16.6. The lowest BCUT2D eigenvalue weighted by Gasteiger charge is -2.15. The molecule has 4 rings (SSSR count). The second-order valence-corrected chi connectivity index (χ2v) is 8.98. The van der Waals surface area contributed by atoms with Gasteiger partial charge in [-0.15, -0.1) is 0 Å². The predicted molar refractivity (Wildman–Crippen MR) is 145 cm³/mol. The molecule has 3 aromatic rings. The lowest BCUT2D eigenvalue weighted by atomic mass is 10.1. The molecular formula is C27H24N4O6S. The fourth-order valence-corrected chi connectivity index (χ4v) is 4.82. The molecule has 1 atom stereocenters. The number of pyridine rings is 1. The van der Waals surface area contributed by atoms with Crippen molar-refractivity contribution in [2.45, 2.75) is 5.25 Å². The molecule has 1 aliphatic heterocycles. The molecule has 0 saturated carbocycles. The summed E-state index contributed by atoms with van der Waals surface area (Å²) >= 11 is 1.15. The highest BCUT2D eigenvalue weighted by Crippen LogP contribution is 2.39. The third-order valence-electron chi connectivity index (χ3n) is 5.58. The van der Waals surface area contributed by atoms with Crippen molar-refractivity contribution in [1.82, 2.24) is 4.98 Å². The average molecular weight is 533 g/mol. The minimum atomic E-state index is -0.892. The number of carbonyl (C=O) groups excluding carboxylic acids is 3. The summed E-state index contributed by atoms with van der Waals surface area (Å²) in [6.45, 7) is 0. The number of hydrogen-bond acceptors (Lipinski definition) is 10. The Labute approximate surface area is 222 Å². The van der Waals surface area contributed by atoms with Crippen molar-refractivity contribution in [3.05, 3.63) is 89.4 Å². The molecule has 38 heavy (non-hydrogen) atoms. The lowest BCUT2D eigenvalue weighted by molar-refractivity contribution is -0.115. The van der Waals surface area contributed by atoms with Crippen LogP contribution in [0.15, 0.2) is 77.5 Å². The van der Waals surface area contributed by atoms with Gasteiger partial charge in [-0.1, -0.05) is 17.8 Å². The number of nitrogens with one attached hydrogen (secondary N) is 1. The van der Waals surface area contributed by atoms with Gasteiger partial charge in [0, 0.05) is 11.9 Å². The highest BCUT2D eigenvalue weighted by atomic mass is 32.2. The number of esters is 2. The molecule has 11 heteroatoms. The number of carbonyl (C=O) groups is 3. The molecule has 1 aliphatic rings. The smallest absolute Gasteiger partial charge is 0.339 e. The number of aliphatic imine (C=N–C) groups is 1. The molecular weight excluding hydrogens is 508 g/mol. The molecule has 0 aliphatic carbocycles. The van der Waals surface area contributed by atoms with Gasteiger partial charge in [0.1, 0.15) is 16.0 Å². The third-order valence-corrected chi connectivity index (χ3v) is 6.80. The Morgan fingerprint density at radius 2 is 1.71 bits per heavy atom. The summed E-state index contributed by atoms with van der Waals surface area (Å²) in [6.07, 6.45) is 1.62. The van der Waals surface area contributed by atoms with Crippen molar-refractivity contribution < 1.29 is 28.6 Å². The average Bonchev–Trinajstić information content (AvgIpc) is 3.28. The van der Waals surface area contributed by atoms with Gasteiger partial charge in [-0.05, 0) is 54.6 Å². The van der Waals surface area contributed by atoms with Crippen LogP contribution in [0.25, 0.3) is 5.57 Å². The zero-order valence-electron chi connectivity index (χ0n) is 20.8. The van der Waals surface area contributed by atoms with E-state index in [2.05, 4.69) is 10.3 Å². The quantitative estimate of drug-likeness (QED) is 0.434. The van der Waals surface area contributed by atoms with Crippen LogP contribution >= 0.6 is 11.8 Å². The second-order valence-electron chi connectivity index (χ2n) is 7.89. The highest BCUT2D eigenvalue weighted by Gasteiger charge is 2.37. The molecule has 3 N–H and O–H groups in total. The number of benzene rings is 2. The Bertz CT molecular complexity index is 1440. The van der Waals surface area contributed by atoms with E-state index in [1.807, 2.05) is 6.07 Å². The number of nitrogens with zero attached hydrogens (tertiary/aromatic N) is 2. The monoisotopic (exact) mass is 532 g/mol. The molecule has 1 aromatic heterocycles. The first-order chi connectivity index (χ1) is 18.4. The summed E-state index contributed by atoms with van der Waals surface area (Å²) in [7, 11) is 4.03. The highest BCUT2D eigenvalue weighted by molar-refractivity contribution is 8.16. The molecule has 0 fully saturated rings. The third kappa shape index (κ3) is 5.52. The molecule has 0 unspecified atom stereocenters. The van der Waals surface area contributed by atoms with Crippen molar-refractivity contribution >= 4 is 51.6 Å². The van der Waals surface area contributed by atoms with Crippen LogP contribution in [-0.2, 0) is 14.3 Å². The van der Waals surface area contributed by atoms with Crippen molar-refractivity contribution in [2.24, 2.45) is 10.7 Å². The standard InChI is InChI=1S/C27H24N4O6S/c1-35-17-10-8-16(9-11-17)30-25-21(19-6-4-5-13-29-19)22(28)23(38-25)24(32)31-20-14-15(26(33)36-2)7-12-18(20)27(34)37-3/h4-14,23H,28H2,1-3H3,(H,31,32)/t23-/m0/s1. The van der Waals surface area contributed by atoms with E-state index in [-0.39, 0.29) is 22.5 Å². The van der Waals surface area contributed by atoms with Gasteiger partial charge >= 0.3 is 11.9 Å². The maximum Gasteiger partial charge on any atom is 0.339 e. The SMILES string of the molecule is COC(=O)c1ccc(C(=O)OC)c(NC(=O)[C@H]2SC(=Nc3ccc(OC)cc3)C(c3ccccn3)=C2N)c1. The van der Waals surface area contributed by atoms with Gasteiger partial charge < -0.3 is 25.3 Å². The van der Waals surface area contributed by atoms with Gasteiger partial charge in [0.15, 0.2) is 0 Å². The number of ether oxygens (including phenoxy) is 3. The Morgan fingerprint density at radius 1 is 0.974 bits per heavy atom. The van der Waals surface area contributed by atoms with E-state index < -0.39 is 23.1 Å². The van der Waals surface area contributed by atoms with E-state index in [0.29, 0.717) is 27.7 Å². The van der Waals surface area contributed by atoms with E-state index in [1.165, 1.54) is 32.4 Å². The van der Waals surface area contributed by atoms with Crippen molar-refractivity contribution in [3.63, 3.8) is 0 Å². The van der Waals surface area contributed by atoms with E-state index in [4.69, 9.17) is 24.9 Å². The van der Waals surface area contributed by atoms with Gasteiger partial charge in [-0.25, -0.2) is 14.6 Å². The zero-order chi connectivity index (χ0) is 27.2. The number of nitrogens with two attached hydrogens (primary N) is 1. The fraction of sp³-hybridized carbons (Fsp3) is 0.148. The molecule has 1 amide bonds. The van der Waals surface area contributed by atoms with E-state index in [0.717, 1.165) is 11.8 Å². The van der Waals surface area contributed by atoms with Crippen LogP contribution in [0.5, 0.6) is 5.75 Å². The summed E-state index contributed by atoms with van der Waals surface area (Å²) in [5.74, 6) is -1.15. The van der Waals surface area contributed by atoms with Crippen LogP contribution < -0.4 is 15.8 Å². The van der Waals surface area contributed by atoms with Crippen LogP contribution in [0.4, 0.5) is 11.4 Å². The second kappa shape index (κ2) is 11.6. The van der Waals surface area contributed by atoms with Crippen LogP contribution in [0.1, 0.15) is 26.4 Å². The molecule has 0 radical (unpaired) electrons. The summed E-state index contributed by atoms with van der Waals surface area (Å²) in [5, 5.41) is 2.32. The number of hydrogen-bond donors (Lipinski definition) is 2. The first kappa shape index (κ1) is 26.4. The molecule has 194 valence electrons. The Kier molecular flexibility index (Phi) is 8.07. The van der Waals surface area contributed by atoms with Gasteiger partial charge in [-0.2, -0.15) is 0 Å². The Balaban J connectivity index is 1.72. The van der Waals surface area contributed by atoms with Crippen LogP contribution in [-0.4, -0.2) is 54.5 Å². The maximum absolute atomic E-state index is 13.5. The van der Waals surface area contributed by atoms with Gasteiger partial charge in [0.2, 0.25) is 5.91 Å². The van der Waals surface area contributed by atoms with Crippen LogP contribution in [0.2, 0.25) is 0 Å². The Hall–Kier alpha value is -4.64. The van der Waals surface area contributed by atoms with Crippen LogP contribution in [0.3, 0.4) is 0 Å². The topological polar surface area (TPSA) is 142 Å². The summed E-state index contributed by atoms with van der Waals surface area (Å²) < 4.78 is 14.8. The molecule has 2 heterocycles. The van der Waals surface area contributed by atoms with Gasteiger partial charge in [0.25, 0.3) is 0 Å². The minimum Gasteiger partial charge on any atom is -0.497 e.